The Bertz CT molecular complexity index is 414. The van der Waals surface area contributed by atoms with E-state index in [-0.39, 0.29) is 12.4 Å². The summed E-state index contributed by atoms with van der Waals surface area (Å²) in [6, 6.07) is 7.05. The quantitative estimate of drug-likeness (QED) is 0.886. The number of likely N-dealkylation sites (N-methyl/N-ethyl adjacent to an activating group) is 1. The van der Waals surface area contributed by atoms with Crippen molar-refractivity contribution in [2.24, 2.45) is 0 Å². The molecule has 2 aliphatic heterocycles. The van der Waals surface area contributed by atoms with Gasteiger partial charge in [0.15, 0.2) is 0 Å². The summed E-state index contributed by atoms with van der Waals surface area (Å²) in [4.78, 5) is 4.98. The zero-order valence-corrected chi connectivity index (χ0v) is 12.5. The number of rotatable bonds is 2. The molecule has 2 heterocycles. The van der Waals surface area contributed by atoms with Crippen molar-refractivity contribution in [1.82, 2.24) is 15.1 Å². The van der Waals surface area contributed by atoms with Gasteiger partial charge >= 0.3 is 0 Å². The molecule has 0 aromatic heterocycles. The van der Waals surface area contributed by atoms with Gasteiger partial charge in [-0.25, -0.2) is 0 Å². The third kappa shape index (κ3) is 3.69. The number of fused-ring (bicyclic) bond motifs is 1. The van der Waals surface area contributed by atoms with Crippen molar-refractivity contribution in [3.05, 3.63) is 34.9 Å². The first-order valence-corrected chi connectivity index (χ1v) is 7.03. The van der Waals surface area contributed by atoms with Crippen LogP contribution in [0.2, 0.25) is 0 Å². The minimum absolute atomic E-state index is 0. The van der Waals surface area contributed by atoms with E-state index in [4.69, 9.17) is 0 Å². The van der Waals surface area contributed by atoms with E-state index < -0.39 is 0 Å². The lowest BCUT2D eigenvalue weighted by Crippen LogP contribution is -2.43. The van der Waals surface area contributed by atoms with Crippen molar-refractivity contribution >= 4 is 12.4 Å². The highest BCUT2D eigenvalue weighted by Gasteiger charge is 2.15. The molecule has 2 aliphatic rings. The first-order valence-electron chi connectivity index (χ1n) is 7.03. The summed E-state index contributed by atoms with van der Waals surface area (Å²) < 4.78 is 0. The van der Waals surface area contributed by atoms with Crippen molar-refractivity contribution in [3.63, 3.8) is 0 Å². The molecule has 3 rings (SSSR count). The zero-order chi connectivity index (χ0) is 12.4. The lowest BCUT2D eigenvalue weighted by atomic mass is 9.98. The Morgan fingerprint density at radius 1 is 1.11 bits per heavy atom. The Kier molecular flexibility index (Phi) is 5.22. The molecule has 3 nitrogen and oxygen atoms in total. The fourth-order valence-corrected chi connectivity index (χ4v) is 2.89. The average Bonchev–Trinajstić information content (AvgIpc) is 2.41. The van der Waals surface area contributed by atoms with Crippen LogP contribution in [0.4, 0.5) is 0 Å². The van der Waals surface area contributed by atoms with Crippen LogP contribution in [0.1, 0.15) is 16.7 Å². The van der Waals surface area contributed by atoms with Gasteiger partial charge in [0.25, 0.3) is 0 Å². The molecule has 1 aromatic rings. The SMILES string of the molecule is CN1CCN(Cc2ccc3c(c2)CCNC3)CC1.Cl. The van der Waals surface area contributed by atoms with Gasteiger partial charge in [-0.1, -0.05) is 18.2 Å². The molecule has 1 fully saturated rings. The molecule has 0 atom stereocenters. The molecule has 106 valence electrons. The van der Waals surface area contributed by atoms with E-state index in [0.29, 0.717) is 0 Å². The third-order valence-electron chi connectivity index (χ3n) is 4.16. The Morgan fingerprint density at radius 2 is 1.89 bits per heavy atom. The monoisotopic (exact) mass is 281 g/mol. The summed E-state index contributed by atoms with van der Waals surface area (Å²) in [5.41, 5.74) is 4.53. The average molecular weight is 282 g/mol. The lowest BCUT2D eigenvalue weighted by molar-refractivity contribution is 0.148. The van der Waals surface area contributed by atoms with Crippen LogP contribution in [0, 0.1) is 0 Å². The molecule has 19 heavy (non-hydrogen) atoms. The van der Waals surface area contributed by atoms with E-state index in [2.05, 4.69) is 40.4 Å². The molecule has 0 saturated carbocycles. The number of nitrogens with zero attached hydrogens (tertiary/aromatic N) is 2. The van der Waals surface area contributed by atoms with E-state index in [1.807, 2.05) is 0 Å². The Morgan fingerprint density at radius 3 is 2.68 bits per heavy atom. The molecular weight excluding hydrogens is 258 g/mol. The maximum absolute atomic E-state index is 3.43. The highest BCUT2D eigenvalue weighted by molar-refractivity contribution is 5.85. The van der Waals surface area contributed by atoms with Gasteiger partial charge < -0.3 is 10.2 Å². The molecule has 0 unspecified atom stereocenters. The van der Waals surface area contributed by atoms with E-state index in [1.165, 1.54) is 43.7 Å². The van der Waals surface area contributed by atoms with Crippen LogP contribution in [-0.2, 0) is 19.5 Å². The van der Waals surface area contributed by atoms with Gasteiger partial charge in [-0.3, -0.25) is 4.90 Å². The second kappa shape index (κ2) is 6.71. The molecule has 1 saturated heterocycles. The van der Waals surface area contributed by atoms with Crippen LogP contribution >= 0.6 is 12.4 Å². The molecular formula is C15H24ClN3. The number of hydrogen-bond acceptors (Lipinski definition) is 3. The molecule has 0 spiro atoms. The molecule has 1 N–H and O–H groups in total. The number of piperazine rings is 1. The molecule has 0 amide bonds. The van der Waals surface area contributed by atoms with Crippen molar-refractivity contribution in [2.45, 2.75) is 19.5 Å². The van der Waals surface area contributed by atoms with Gasteiger partial charge in [-0.2, -0.15) is 0 Å². The van der Waals surface area contributed by atoms with Crippen LogP contribution in [0.5, 0.6) is 0 Å². The number of halogens is 1. The summed E-state index contributed by atoms with van der Waals surface area (Å²) in [5.74, 6) is 0. The largest absolute Gasteiger partial charge is 0.312 e. The maximum Gasteiger partial charge on any atom is 0.0234 e. The zero-order valence-electron chi connectivity index (χ0n) is 11.7. The van der Waals surface area contributed by atoms with Crippen LogP contribution in [0.25, 0.3) is 0 Å². The Hall–Kier alpha value is -0.610. The van der Waals surface area contributed by atoms with Gasteiger partial charge in [-0.15, -0.1) is 12.4 Å². The van der Waals surface area contributed by atoms with Crippen LogP contribution in [-0.4, -0.2) is 49.6 Å². The van der Waals surface area contributed by atoms with E-state index >= 15 is 0 Å². The Labute approximate surface area is 122 Å². The third-order valence-corrected chi connectivity index (χ3v) is 4.16. The van der Waals surface area contributed by atoms with Gasteiger partial charge in [-0.05, 0) is 36.7 Å². The summed E-state index contributed by atoms with van der Waals surface area (Å²) in [6.45, 7) is 8.11. The highest BCUT2D eigenvalue weighted by Crippen LogP contribution is 2.17. The van der Waals surface area contributed by atoms with Crippen molar-refractivity contribution < 1.29 is 0 Å². The fraction of sp³-hybridized carbons (Fsp3) is 0.600. The lowest BCUT2D eigenvalue weighted by Gasteiger charge is -2.32. The van der Waals surface area contributed by atoms with E-state index in [0.717, 1.165) is 19.6 Å². The second-order valence-corrected chi connectivity index (χ2v) is 5.61. The standard InChI is InChI=1S/C15H23N3.ClH/c1-17-6-8-18(9-7-17)12-13-2-3-15-11-16-5-4-14(15)10-13;/h2-3,10,16H,4-9,11-12H2,1H3;1H. The highest BCUT2D eigenvalue weighted by atomic mass is 35.5. The maximum atomic E-state index is 3.43. The predicted molar refractivity (Wildman–Crippen MR) is 81.9 cm³/mol. The second-order valence-electron chi connectivity index (χ2n) is 5.61. The van der Waals surface area contributed by atoms with Gasteiger partial charge in [0.05, 0.1) is 0 Å². The smallest absolute Gasteiger partial charge is 0.0234 e. The molecule has 0 aliphatic carbocycles. The minimum Gasteiger partial charge on any atom is -0.312 e. The fourth-order valence-electron chi connectivity index (χ4n) is 2.89. The number of benzene rings is 1. The summed E-state index contributed by atoms with van der Waals surface area (Å²) in [7, 11) is 2.21. The van der Waals surface area contributed by atoms with Crippen molar-refractivity contribution in [3.8, 4) is 0 Å². The summed E-state index contributed by atoms with van der Waals surface area (Å²) in [6.07, 6.45) is 1.19. The Balaban J connectivity index is 0.00000133. The normalized spacial score (nSPS) is 20.7. The predicted octanol–water partition coefficient (Wildman–Crippen LogP) is 1.50. The number of nitrogens with one attached hydrogen (secondary N) is 1. The minimum atomic E-state index is 0. The van der Waals surface area contributed by atoms with Crippen molar-refractivity contribution in [1.29, 1.82) is 0 Å². The van der Waals surface area contributed by atoms with E-state index in [1.54, 1.807) is 5.56 Å². The van der Waals surface area contributed by atoms with Crippen LogP contribution in [0.15, 0.2) is 18.2 Å². The van der Waals surface area contributed by atoms with Crippen LogP contribution < -0.4 is 5.32 Å². The van der Waals surface area contributed by atoms with Gasteiger partial charge in [0.1, 0.15) is 0 Å². The molecule has 0 radical (unpaired) electrons. The summed E-state index contributed by atoms with van der Waals surface area (Å²) in [5, 5.41) is 3.43. The van der Waals surface area contributed by atoms with Gasteiger partial charge in [0, 0.05) is 39.3 Å². The molecule has 4 heteroatoms. The molecule has 1 aromatic carbocycles. The van der Waals surface area contributed by atoms with Crippen molar-refractivity contribution in [2.75, 3.05) is 39.8 Å². The van der Waals surface area contributed by atoms with E-state index in [9.17, 15) is 0 Å². The first kappa shape index (κ1) is 14.8. The van der Waals surface area contributed by atoms with Crippen LogP contribution in [0.3, 0.4) is 0 Å². The molecule has 0 bridgehead atoms. The number of hydrogen-bond donors (Lipinski definition) is 1. The first-order chi connectivity index (χ1) is 8.81. The van der Waals surface area contributed by atoms with Gasteiger partial charge in [0.2, 0.25) is 0 Å². The summed E-state index contributed by atoms with van der Waals surface area (Å²) >= 11 is 0. The topological polar surface area (TPSA) is 18.5 Å².